The molecule has 16 heavy (non-hydrogen) atoms. The normalized spacial score (nSPS) is 21.2. The van der Waals surface area contributed by atoms with Crippen LogP contribution in [0.5, 0.6) is 0 Å². The first-order valence-corrected chi connectivity index (χ1v) is 6.96. The van der Waals surface area contributed by atoms with Crippen LogP contribution in [-0.2, 0) is 4.74 Å². The van der Waals surface area contributed by atoms with Crippen molar-refractivity contribution < 1.29 is 4.74 Å². The fourth-order valence-electron chi connectivity index (χ4n) is 2.85. The van der Waals surface area contributed by atoms with Crippen molar-refractivity contribution in [1.29, 1.82) is 0 Å². The number of methoxy groups -OCH3 is 1. The molecule has 0 amide bonds. The van der Waals surface area contributed by atoms with Gasteiger partial charge in [-0.3, -0.25) is 0 Å². The van der Waals surface area contributed by atoms with E-state index >= 15 is 0 Å². The van der Waals surface area contributed by atoms with Crippen LogP contribution < -0.4 is 5.32 Å². The average molecular weight is 227 g/mol. The Morgan fingerprint density at radius 1 is 1.31 bits per heavy atom. The van der Waals surface area contributed by atoms with E-state index in [1.165, 1.54) is 51.5 Å². The number of rotatable bonds is 8. The summed E-state index contributed by atoms with van der Waals surface area (Å²) in [7, 11) is 1.81. The van der Waals surface area contributed by atoms with Crippen molar-refractivity contribution in [2.75, 3.05) is 20.3 Å². The van der Waals surface area contributed by atoms with Crippen molar-refractivity contribution in [1.82, 2.24) is 5.32 Å². The van der Waals surface area contributed by atoms with Gasteiger partial charge in [-0.25, -0.2) is 0 Å². The third-order valence-corrected chi connectivity index (χ3v) is 3.95. The Hall–Kier alpha value is -0.0800. The third kappa shape index (κ3) is 4.42. The Morgan fingerprint density at radius 3 is 2.56 bits per heavy atom. The summed E-state index contributed by atoms with van der Waals surface area (Å²) in [5.41, 5.74) is 0.401. The number of hydrogen-bond donors (Lipinski definition) is 1. The SMILES string of the molecule is CCCC(C)CNC1(CCOC)CCCC1. The first-order chi connectivity index (χ1) is 7.72. The van der Waals surface area contributed by atoms with Gasteiger partial charge in [0, 0.05) is 19.3 Å². The number of nitrogens with one attached hydrogen (secondary N) is 1. The van der Waals surface area contributed by atoms with Crippen LogP contribution in [0.2, 0.25) is 0 Å². The molecule has 96 valence electrons. The Kier molecular flexibility index (Phi) is 6.37. The van der Waals surface area contributed by atoms with Gasteiger partial charge in [0.15, 0.2) is 0 Å². The van der Waals surface area contributed by atoms with E-state index in [9.17, 15) is 0 Å². The van der Waals surface area contributed by atoms with Crippen LogP contribution in [0.3, 0.4) is 0 Å². The van der Waals surface area contributed by atoms with Crippen LogP contribution in [0.25, 0.3) is 0 Å². The van der Waals surface area contributed by atoms with E-state index < -0.39 is 0 Å². The molecule has 1 N–H and O–H groups in total. The Balaban J connectivity index is 2.32. The largest absolute Gasteiger partial charge is 0.385 e. The van der Waals surface area contributed by atoms with Crippen LogP contribution in [0, 0.1) is 5.92 Å². The van der Waals surface area contributed by atoms with E-state index in [2.05, 4.69) is 19.2 Å². The van der Waals surface area contributed by atoms with Gasteiger partial charge in [-0.05, 0) is 38.1 Å². The molecule has 0 aromatic rings. The summed E-state index contributed by atoms with van der Waals surface area (Å²) in [5, 5.41) is 3.83. The lowest BCUT2D eigenvalue weighted by molar-refractivity contribution is 0.152. The molecule has 0 saturated heterocycles. The van der Waals surface area contributed by atoms with E-state index in [0.29, 0.717) is 5.54 Å². The van der Waals surface area contributed by atoms with Crippen molar-refractivity contribution in [2.24, 2.45) is 5.92 Å². The summed E-state index contributed by atoms with van der Waals surface area (Å²) in [6.45, 7) is 6.70. The summed E-state index contributed by atoms with van der Waals surface area (Å²) in [6, 6.07) is 0. The van der Waals surface area contributed by atoms with Gasteiger partial charge in [-0.1, -0.05) is 33.1 Å². The van der Waals surface area contributed by atoms with Crippen LogP contribution in [-0.4, -0.2) is 25.8 Å². The van der Waals surface area contributed by atoms with Crippen molar-refractivity contribution >= 4 is 0 Å². The second-order valence-corrected chi connectivity index (χ2v) is 5.50. The molecule has 2 nitrogen and oxygen atoms in total. The van der Waals surface area contributed by atoms with Crippen LogP contribution >= 0.6 is 0 Å². The minimum Gasteiger partial charge on any atom is -0.385 e. The summed E-state index contributed by atoms with van der Waals surface area (Å²) >= 11 is 0. The molecular weight excluding hydrogens is 198 g/mol. The number of ether oxygens (including phenoxy) is 1. The van der Waals surface area contributed by atoms with Crippen LogP contribution in [0.15, 0.2) is 0 Å². The fraction of sp³-hybridized carbons (Fsp3) is 1.00. The smallest absolute Gasteiger partial charge is 0.0479 e. The average Bonchev–Trinajstić information content (AvgIpc) is 2.74. The maximum absolute atomic E-state index is 5.24. The Bertz CT molecular complexity index is 176. The molecule has 0 bridgehead atoms. The highest BCUT2D eigenvalue weighted by Gasteiger charge is 2.32. The van der Waals surface area contributed by atoms with Gasteiger partial charge < -0.3 is 10.1 Å². The maximum Gasteiger partial charge on any atom is 0.0479 e. The number of hydrogen-bond acceptors (Lipinski definition) is 2. The second-order valence-electron chi connectivity index (χ2n) is 5.50. The summed E-state index contributed by atoms with van der Waals surface area (Å²) < 4.78 is 5.24. The van der Waals surface area contributed by atoms with Crippen molar-refractivity contribution in [3.05, 3.63) is 0 Å². The lowest BCUT2D eigenvalue weighted by Gasteiger charge is -2.32. The third-order valence-electron chi connectivity index (χ3n) is 3.95. The molecule has 1 atom stereocenters. The van der Waals surface area contributed by atoms with E-state index in [4.69, 9.17) is 4.74 Å². The molecular formula is C14H29NO. The monoisotopic (exact) mass is 227 g/mol. The highest BCUT2D eigenvalue weighted by atomic mass is 16.5. The molecule has 1 unspecified atom stereocenters. The highest BCUT2D eigenvalue weighted by Crippen LogP contribution is 2.32. The predicted molar refractivity (Wildman–Crippen MR) is 69.8 cm³/mol. The molecule has 1 aliphatic rings. The minimum absolute atomic E-state index is 0.401. The van der Waals surface area contributed by atoms with Gasteiger partial charge >= 0.3 is 0 Å². The van der Waals surface area contributed by atoms with Crippen molar-refractivity contribution in [2.45, 2.75) is 64.3 Å². The van der Waals surface area contributed by atoms with E-state index in [-0.39, 0.29) is 0 Å². The molecule has 0 aliphatic heterocycles. The summed E-state index contributed by atoms with van der Waals surface area (Å²) in [5.74, 6) is 0.810. The van der Waals surface area contributed by atoms with Crippen molar-refractivity contribution in [3.63, 3.8) is 0 Å². The molecule has 0 heterocycles. The molecule has 2 heteroatoms. The standard InChI is InChI=1S/C14H29NO/c1-4-7-13(2)12-15-14(10-11-16-3)8-5-6-9-14/h13,15H,4-12H2,1-3H3. The van der Waals surface area contributed by atoms with Gasteiger partial charge in [-0.15, -0.1) is 0 Å². The Morgan fingerprint density at radius 2 is 2.00 bits per heavy atom. The van der Waals surface area contributed by atoms with Gasteiger partial charge in [-0.2, -0.15) is 0 Å². The van der Waals surface area contributed by atoms with Gasteiger partial charge in [0.2, 0.25) is 0 Å². The summed E-state index contributed by atoms with van der Waals surface area (Å²) in [6.07, 6.45) is 9.28. The second kappa shape index (κ2) is 7.29. The zero-order valence-corrected chi connectivity index (χ0v) is 11.3. The van der Waals surface area contributed by atoms with Gasteiger partial charge in [0.1, 0.15) is 0 Å². The molecule has 1 aliphatic carbocycles. The first kappa shape index (κ1) is 14.0. The van der Waals surface area contributed by atoms with E-state index in [1.807, 2.05) is 7.11 Å². The quantitative estimate of drug-likeness (QED) is 0.686. The van der Waals surface area contributed by atoms with Crippen LogP contribution in [0.1, 0.15) is 58.8 Å². The molecule has 1 fully saturated rings. The zero-order valence-electron chi connectivity index (χ0n) is 11.3. The minimum atomic E-state index is 0.401. The summed E-state index contributed by atoms with van der Waals surface area (Å²) in [4.78, 5) is 0. The van der Waals surface area contributed by atoms with Gasteiger partial charge in [0.25, 0.3) is 0 Å². The Labute approximate surface area is 101 Å². The maximum atomic E-state index is 5.24. The molecule has 1 rings (SSSR count). The lowest BCUT2D eigenvalue weighted by Crippen LogP contribution is -2.45. The van der Waals surface area contributed by atoms with E-state index in [0.717, 1.165) is 12.5 Å². The highest BCUT2D eigenvalue weighted by molar-refractivity contribution is 4.92. The molecule has 0 aromatic carbocycles. The predicted octanol–water partition coefficient (Wildman–Crippen LogP) is 3.36. The van der Waals surface area contributed by atoms with Crippen LogP contribution in [0.4, 0.5) is 0 Å². The van der Waals surface area contributed by atoms with Gasteiger partial charge in [0.05, 0.1) is 0 Å². The zero-order chi connectivity index (χ0) is 11.9. The fourth-order valence-corrected chi connectivity index (χ4v) is 2.85. The lowest BCUT2D eigenvalue weighted by atomic mass is 9.92. The first-order valence-electron chi connectivity index (χ1n) is 6.96. The molecule has 0 radical (unpaired) electrons. The van der Waals surface area contributed by atoms with E-state index in [1.54, 1.807) is 0 Å². The molecule has 0 aromatic heterocycles. The molecule has 0 spiro atoms. The van der Waals surface area contributed by atoms with Crippen molar-refractivity contribution in [3.8, 4) is 0 Å². The topological polar surface area (TPSA) is 21.3 Å². The molecule has 1 saturated carbocycles.